The smallest absolute Gasteiger partial charge is 0.397 e. The van der Waals surface area contributed by atoms with E-state index in [9.17, 15) is 4.57 Å². The molecule has 11 heavy (non-hydrogen) atoms. The van der Waals surface area contributed by atoms with Crippen LogP contribution in [0, 0.1) is 0 Å². The lowest BCUT2D eigenvalue weighted by Gasteiger charge is -1.95. The molecule has 4 nitrogen and oxygen atoms in total. The van der Waals surface area contributed by atoms with E-state index in [0.29, 0.717) is 5.69 Å². The first-order chi connectivity index (χ1) is 5.13. The highest BCUT2D eigenvalue weighted by Gasteiger charge is 2.20. The Balaban J connectivity index is 3.27. The van der Waals surface area contributed by atoms with E-state index < -0.39 is 8.03 Å². The van der Waals surface area contributed by atoms with Crippen LogP contribution in [-0.4, -0.2) is 4.89 Å². The van der Waals surface area contributed by atoms with Crippen LogP contribution in [0.15, 0.2) is 18.2 Å². The first-order valence-corrected chi connectivity index (χ1v) is 4.14. The highest BCUT2D eigenvalue weighted by molar-refractivity contribution is 7.47. The SMILES string of the molecule is Nc1cccc([P+](=O)O)c1N. The lowest BCUT2D eigenvalue weighted by Crippen LogP contribution is -2.07. The summed E-state index contributed by atoms with van der Waals surface area (Å²) in [5, 5.41) is 0.194. The molecular formula is C6H8N2O2P+. The summed E-state index contributed by atoms with van der Waals surface area (Å²) in [4.78, 5) is 8.70. The predicted octanol–water partition coefficient (Wildman–Crippen LogP) is 0.211. The lowest BCUT2D eigenvalue weighted by molar-refractivity contribution is 0.513. The van der Waals surface area contributed by atoms with E-state index >= 15 is 0 Å². The van der Waals surface area contributed by atoms with Crippen molar-refractivity contribution in [3.63, 3.8) is 0 Å². The van der Waals surface area contributed by atoms with Crippen LogP contribution in [0.4, 0.5) is 11.4 Å². The Bertz CT molecular complexity index is 301. The highest BCUT2D eigenvalue weighted by Crippen LogP contribution is 2.21. The third-order valence-electron chi connectivity index (χ3n) is 1.32. The van der Waals surface area contributed by atoms with Crippen LogP contribution in [0.25, 0.3) is 0 Å². The van der Waals surface area contributed by atoms with E-state index in [1.807, 2.05) is 0 Å². The van der Waals surface area contributed by atoms with Gasteiger partial charge in [0.2, 0.25) is 5.30 Å². The van der Waals surface area contributed by atoms with Gasteiger partial charge in [-0.05, 0) is 16.7 Å². The predicted molar refractivity (Wildman–Crippen MR) is 44.7 cm³/mol. The maximum absolute atomic E-state index is 10.6. The molecule has 0 saturated heterocycles. The van der Waals surface area contributed by atoms with Crippen LogP contribution < -0.4 is 16.8 Å². The summed E-state index contributed by atoms with van der Waals surface area (Å²) in [7, 11) is -2.39. The van der Waals surface area contributed by atoms with Crippen LogP contribution in [0.2, 0.25) is 0 Å². The van der Waals surface area contributed by atoms with Crippen molar-refractivity contribution in [1.29, 1.82) is 0 Å². The normalized spacial score (nSPS) is 11.2. The molecule has 0 aliphatic rings. The van der Waals surface area contributed by atoms with Gasteiger partial charge in [-0.15, -0.1) is 0 Å². The molecule has 0 aromatic heterocycles. The molecular weight excluding hydrogens is 163 g/mol. The van der Waals surface area contributed by atoms with Gasteiger partial charge in [-0.25, -0.2) is 0 Å². The molecule has 0 aliphatic carbocycles. The van der Waals surface area contributed by atoms with Crippen LogP contribution >= 0.6 is 8.03 Å². The molecule has 0 radical (unpaired) electrons. The summed E-state index contributed by atoms with van der Waals surface area (Å²) in [5.74, 6) is 0. The Morgan fingerprint density at radius 1 is 1.36 bits per heavy atom. The Hall–Kier alpha value is -1.12. The Kier molecular flexibility index (Phi) is 2.08. The van der Waals surface area contributed by atoms with E-state index in [1.54, 1.807) is 12.1 Å². The van der Waals surface area contributed by atoms with E-state index in [0.717, 1.165) is 0 Å². The van der Waals surface area contributed by atoms with E-state index in [-0.39, 0.29) is 11.0 Å². The molecule has 0 heterocycles. The Labute approximate surface area is 64.7 Å². The third kappa shape index (κ3) is 1.48. The Morgan fingerprint density at radius 3 is 2.45 bits per heavy atom. The zero-order valence-electron chi connectivity index (χ0n) is 5.69. The maximum Gasteiger partial charge on any atom is 0.548 e. The van der Waals surface area contributed by atoms with Gasteiger partial charge in [0, 0.05) is 0 Å². The fraction of sp³-hybridized carbons (Fsp3) is 0. The van der Waals surface area contributed by atoms with Crippen molar-refractivity contribution in [2.45, 2.75) is 0 Å². The minimum Gasteiger partial charge on any atom is -0.397 e. The van der Waals surface area contributed by atoms with Crippen LogP contribution in [0.5, 0.6) is 0 Å². The number of nitrogen functional groups attached to an aromatic ring is 2. The van der Waals surface area contributed by atoms with Gasteiger partial charge < -0.3 is 11.5 Å². The van der Waals surface area contributed by atoms with Crippen LogP contribution in [0.1, 0.15) is 0 Å². The van der Waals surface area contributed by atoms with Gasteiger partial charge in [0.25, 0.3) is 0 Å². The van der Waals surface area contributed by atoms with Crippen molar-refractivity contribution in [2.75, 3.05) is 11.5 Å². The second-order valence-electron chi connectivity index (χ2n) is 2.05. The molecule has 1 unspecified atom stereocenters. The van der Waals surface area contributed by atoms with Crippen LogP contribution in [-0.2, 0) is 4.57 Å². The quantitative estimate of drug-likeness (QED) is 0.416. The number of benzene rings is 1. The second kappa shape index (κ2) is 2.86. The lowest BCUT2D eigenvalue weighted by atomic mass is 10.3. The molecule has 1 aromatic carbocycles. The maximum atomic E-state index is 10.6. The van der Waals surface area contributed by atoms with Crippen molar-refractivity contribution in [1.82, 2.24) is 0 Å². The monoisotopic (exact) mass is 171 g/mol. The second-order valence-corrected chi connectivity index (χ2v) is 3.08. The Morgan fingerprint density at radius 2 is 2.00 bits per heavy atom. The van der Waals surface area contributed by atoms with Crippen molar-refractivity contribution >= 4 is 24.7 Å². The molecule has 0 aliphatic heterocycles. The summed E-state index contributed by atoms with van der Waals surface area (Å²) in [6, 6.07) is 4.65. The molecule has 1 rings (SSSR count). The first kappa shape index (κ1) is 7.98. The van der Waals surface area contributed by atoms with Gasteiger partial charge in [-0.1, -0.05) is 6.07 Å². The van der Waals surface area contributed by atoms with Gasteiger partial charge in [0.1, 0.15) is 5.69 Å². The van der Waals surface area contributed by atoms with Gasteiger partial charge in [0.15, 0.2) is 0 Å². The fourth-order valence-corrected chi connectivity index (χ4v) is 1.29. The molecule has 0 saturated carbocycles. The van der Waals surface area contributed by atoms with E-state index in [4.69, 9.17) is 16.4 Å². The van der Waals surface area contributed by atoms with Crippen molar-refractivity contribution in [3.05, 3.63) is 18.2 Å². The highest BCUT2D eigenvalue weighted by atomic mass is 31.1. The molecule has 5 N–H and O–H groups in total. The zero-order chi connectivity index (χ0) is 8.43. The molecule has 5 heteroatoms. The summed E-state index contributed by atoms with van der Waals surface area (Å²) < 4.78 is 10.6. The summed E-state index contributed by atoms with van der Waals surface area (Å²) in [6.45, 7) is 0. The summed E-state index contributed by atoms with van der Waals surface area (Å²) >= 11 is 0. The standard InChI is InChI=1S/C6H7N2O2P/c7-4-2-1-3-5(6(4)8)11(9)10/h1-3H,7-8H2/p+1. The van der Waals surface area contributed by atoms with Crippen LogP contribution in [0.3, 0.4) is 0 Å². The molecule has 1 aromatic rings. The van der Waals surface area contributed by atoms with Crippen molar-refractivity contribution in [2.24, 2.45) is 0 Å². The van der Waals surface area contributed by atoms with Gasteiger partial charge in [0.05, 0.1) is 5.69 Å². The largest absolute Gasteiger partial charge is 0.548 e. The fourth-order valence-electron chi connectivity index (χ4n) is 0.737. The molecule has 0 spiro atoms. The number of nitrogens with two attached hydrogens (primary N) is 2. The molecule has 1 atom stereocenters. The third-order valence-corrected chi connectivity index (χ3v) is 2.13. The number of para-hydroxylation sites is 1. The van der Waals surface area contributed by atoms with E-state index in [2.05, 4.69) is 0 Å². The van der Waals surface area contributed by atoms with Gasteiger partial charge in [-0.3, -0.25) is 0 Å². The zero-order valence-corrected chi connectivity index (χ0v) is 6.58. The molecule has 58 valence electrons. The van der Waals surface area contributed by atoms with Crippen molar-refractivity contribution in [3.8, 4) is 0 Å². The topological polar surface area (TPSA) is 89.3 Å². The first-order valence-electron chi connectivity index (χ1n) is 2.93. The summed E-state index contributed by atoms with van der Waals surface area (Å²) in [6.07, 6.45) is 0. The molecule has 0 bridgehead atoms. The molecule has 0 fully saturated rings. The van der Waals surface area contributed by atoms with Crippen molar-refractivity contribution < 1.29 is 9.46 Å². The number of rotatable bonds is 1. The average molecular weight is 171 g/mol. The minimum atomic E-state index is -2.39. The molecule has 0 amide bonds. The average Bonchev–Trinajstić information content (AvgIpc) is 1.94. The van der Waals surface area contributed by atoms with Gasteiger partial charge >= 0.3 is 8.03 Å². The number of hydrogen-bond donors (Lipinski definition) is 3. The number of anilines is 2. The number of hydrogen-bond acceptors (Lipinski definition) is 3. The van der Waals surface area contributed by atoms with E-state index in [1.165, 1.54) is 6.07 Å². The summed E-state index contributed by atoms with van der Waals surface area (Å²) in [5.41, 5.74) is 11.3. The van der Waals surface area contributed by atoms with Gasteiger partial charge in [-0.2, -0.15) is 4.89 Å². The minimum absolute atomic E-state index is 0.191.